The van der Waals surface area contributed by atoms with Gasteiger partial charge in [0.15, 0.2) is 5.69 Å². The molecule has 33 heavy (non-hydrogen) atoms. The summed E-state index contributed by atoms with van der Waals surface area (Å²) in [4.78, 5) is 30.1. The van der Waals surface area contributed by atoms with Crippen LogP contribution < -0.4 is 0 Å². The molecule has 0 spiro atoms. The Morgan fingerprint density at radius 2 is 1.82 bits per heavy atom. The number of piperidine rings is 1. The van der Waals surface area contributed by atoms with Crippen LogP contribution in [-0.4, -0.2) is 62.3 Å². The molecule has 3 aromatic rings. The van der Waals surface area contributed by atoms with E-state index >= 15 is 0 Å². The van der Waals surface area contributed by atoms with Crippen LogP contribution in [0, 0.1) is 6.92 Å². The van der Waals surface area contributed by atoms with Gasteiger partial charge in [-0.05, 0) is 56.5 Å². The predicted octanol–water partition coefficient (Wildman–Crippen LogP) is 4.39. The molecule has 0 atom stereocenters. The maximum atomic E-state index is 13.5. The third-order valence-corrected chi connectivity index (χ3v) is 6.32. The van der Waals surface area contributed by atoms with Crippen LogP contribution in [0.3, 0.4) is 0 Å². The summed E-state index contributed by atoms with van der Waals surface area (Å²) in [6.45, 7) is 5.79. The van der Waals surface area contributed by atoms with Crippen LogP contribution in [0.15, 0.2) is 54.6 Å². The van der Waals surface area contributed by atoms with Crippen LogP contribution in [0.2, 0.25) is 5.02 Å². The SMILES string of the molecule is CCCN(C(=O)c1nnn(-c2cccc(Cl)c2)c1C)C1CCN(C(=O)c2ccccc2)CC1. The van der Waals surface area contributed by atoms with Gasteiger partial charge < -0.3 is 9.80 Å². The van der Waals surface area contributed by atoms with Gasteiger partial charge in [0.05, 0.1) is 11.4 Å². The maximum Gasteiger partial charge on any atom is 0.276 e. The zero-order valence-corrected chi connectivity index (χ0v) is 19.7. The molecule has 8 heteroatoms. The first-order valence-corrected chi connectivity index (χ1v) is 11.7. The Balaban J connectivity index is 1.48. The molecule has 1 fully saturated rings. The maximum absolute atomic E-state index is 13.5. The molecule has 172 valence electrons. The number of halogens is 1. The van der Waals surface area contributed by atoms with E-state index in [9.17, 15) is 9.59 Å². The predicted molar refractivity (Wildman–Crippen MR) is 128 cm³/mol. The van der Waals surface area contributed by atoms with Crippen LogP contribution >= 0.6 is 11.6 Å². The molecule has 0 radical (unpaired) electrons. The molecule has 1 aliphatic rings. The normalized spacial score (nSPS) is 14.3. The van der Waals surface area contributed by atoms with Gasteiger partial charge in [0.2, 0.25) is 0 Å². The Morgan fingerprint density at radius 3 is 2.48 bits per heavy atom. The van der Waals surface area contributed by atoms with Gasteiger partial charge in [0.25, 0.3) is 11.8 Å². The Morgan fingerprint density at radius 1 is 1.09 bits per heavy atom. The molecular formula is C25H28ClN5O2. The van der Waals surface area contributed by atoms with Crippen molar-refractivity contribution in [1.82, 2.24) is 24.8 Å². The first kappa shape index (κ1) is 23.0. The molecule has 7 nitrogen and oxygen atoms in total. The first-order valence-electron chi connectivity index (χ1n) is 11.3. The van der Waals surface area contributed by atoms with E-state index in [2.05, 4.69) is 17.2 Å². The fourth-order valence-corrected chi connectivity index (χ4v) is 4.54. The molecule has 2 heterocycles. The van der Waals surface area contributed by atoms with E-state index in [0.29, 0.717) is 41.6 Å². The zero-order chi connectivity index (χ0) is 23.4. The zero-order valence-electron chi connectivity index (χ0n) is 18.9. The molecule has 0 saturated carbocycles. The molecule has 0 aliphatic carbocycles. The largest absolute Gasteiger partial charge is 0.338 e. The average molecular weight is 466 g/mol. The fourth-order valence-electron chi connectivity index (χ4n) is 4.35. The Labute approximate surface area is 198 Å². The number of hydrogen-bond donors (Lipinski definition) is 0. The summed E-state index contributed by atoms with van der Waals surface area (Å²) < 4.78 is 1.64. The molecule has 1 aliphatic heterocycles. The van der Waals surface area contributed by atoms with E-state index in [4.69, 9.17) is 11.6 Å². The lowest BCUT2D eigenvalue weighted by molar-refractivity contribution is 0.0515. The number of rotatable bonds is 6. The van der Waals surface area contributed by atoms with Gasteiger partial charge in [-0.15, -0.1) is 5.10 Å². The molecule has 1 aromatic heterocycles. The second-order valence-corrected chi connectivity index (χ2v) is 8.74. The lowest BCUT2D eigenvalue weighted by Crippen LogP contribution is -2.49. The van der Waals surface area contributed by atoms with Crippen molar-refractivity contribution in [2.75, 3.05) is 19.6 Å². The lowest BCUT2D eigenvalue weighted by Gasteiger charge is -2.38. The van der Waals surface area contributed by atoms with Gasteiger partial charge in [-0.2, -0.15) is 0 Å². The van der Waals surface area contributed by atoms with E-state index < -0.39 is 0 Å². The van der Waals surface area contributed by atoms with Gasteiger partial charge in [0.1, 0.15) is 0 Å². The Bertz CT molecular complexity index is 1120. The van der Waals surface area contributed by atoms with E-state index in [0.717, 1.165) is 24.9 Å². The third-order valence-electron chi connectivity index (χ3n) is 6.09. The monoisotopic (exact) mass is 465 g/mol. The van der Waals surface area contributed by atoms with Crippen molar-refractivity contribution in [2.24, 2.45) is 0 Å². The minimum atomic E-state index is -0.115. The van der Waals surface area contributed by atoms with Crippen LogP contribution in [0.25, 0.3) is 5.69 Å². The van der Waals surface area contributed by atoms with Crippen molar-refractivity contribution >= 4 is 23.4 Å². The van der Waals surface area contributed by atoms with Crippen LogP contribution in [0.1, 0.15) is 52.7 Å². The van der Waals surface area contributed by atoms with Crippen molar-refractivity contribution in [3.63, 3.8) is 0 Å². The quantitative estimate of drug-likeness (QED) is 0.541. The topological polar surface area (TPSA) is 71.3 Å². The number of aromatic nitrogens is 3. The van der Waals surface area contributed by atoms with E-state index in [1.165, 1.54) is 0 Å². The van der Waals surface area contributed by atoms with Crippen LogP contribution in [-0.2, 0) is 0 Å². The highest BCUT2D eigenvalue weighted by atomic mass is 35.5. The second kappa shape index (κ2) is 10.2. The lowest BCUT2D eigenvalue weighted by atomic mass is 10.0. The van der Waals surface area contributed by atoms with E-state index in [-0.39, 0.29) is 17.9 Å². The highest BCUT2D eigenvalue weighted by Crippen LogP contribution is 2.23. The first-order chi connectivity index (χ1) is 16.0. The van der Waals surface area contributed by atoms with E-state index in [1.54, 1.807) is 16.8 Å². The van der Waals surface area contributed by atoms with Crippen LogP contribution in [0.4, 0.5) is 0 Å². The fraction of sp³-hybridized carbons (Fsp3) is 0.360. The standard InChI is InChI=1S/C25H28ClN5O2/c1-3-14-30(21-12-15-29(16-13-21)24(32)19-8-5-4-6-9-19)25(33)23-18(2)31(28-27-23)22-11-7-10-20(26)17-22/h4-11,17,21H,3,12-16H2,1-2H3. The third kappa shape index (κ3) is 4.93. The van der Waals surface area contributed by atoms with Crippen molar-refractivity contribution in [3.05, 3.63) is 76.6 Å². The summed E-state index contributed by atoms with van der Waals surface area (Å²) in [5.41, 5.74) is 2.50. The molecule has 2 aromatic carbocycles. The Kier molecular flexibility index (Phi) is 7.08. The van der Waals surface area contributed by atoms with Crippen LogP contribution in [0.5, 0.6) is 0 Å². The molecule has 0 unspecified atom stereocenters. The summed E-state index contributed by atoms with van der Waals surface area (Å²) in [6.07, 6.45) is 2.33. The number of nitrogens with zero attached hydrogens (tertiary/aromatic N) is 5. The van der Waals surface area contributed by atoms with Crippen molar-refractivity contribution < 1.29 is 9.59 Å². The Hall–Kier alpha value is -3.19. The van der Waals surface area contributed by atoms with Crippen molar-refractivity contribution in [3.8, 4) is 5.69 Å². The van der Waals surface area contributed by atoms with E-state index in [1.807, 2.05) is 59.2 Å². The molecular weight excluding hydrogens is 438 g/mol. The number of hydrogen-bond acceptors (Lipinski definition) is 4. The number of carbonyl (C=O) groups is 2. The number of carbonyl (C=O) groups excluding carboxylic acids is 2. The molecule has 0 bridgehead atoms. The summed E-state index contributed by atoms with van der Waals surface area (Å²) in [6, 6.07) is 16.7. The van der Waals surface area contributed by atoms with Gasteiger partial charge >= 0.3 is 0 Å². The summed E-state index contributed by atoms with van der Waals surface area (Å²) in [7, 11) is 0. The number of likely N-dealkylation sites (tertiary alicyclic amines) is 1. The van der Waals surface area contributed by atoms with Gasteiger partial charge in [0, 0.05) is 36.3 Å². The minimum Gasteiger partial charge on any atom is -0.338 e. The van der Waals surface area contributed by atoms with Crippen molar-refractivity contribution in [1.29, 1.82) is 0 Å². The average Bonchev–Trinajstić information content (AvgIpc) is 3.23. The molecule has 4 rings (SSSR count). The summed E-state index contributed by atoms with van der Waals surface area (Å²) in [5.74, 6) is -0.0711. The molecule has 1 saturated heterocycles. The summed E-state index contributed by atoms with van der Waals surface area (Å²) in [5, 5.41) is 9.03. The smallest absolute Gasteiger partial charge is 0.276 e. The highest BCUT2D eigenvalue weighted by Gasteiger charge is 2.32. The molecule has 0 N–H and O–H groups in total. The minimum absolute atomic E-state index is 0.0442. The molecule has 2 amide bonds. The van der Waals surface area contributed by atoms with Gasteiger partial charge in [-0.25, -0.2) is 4.68 Å². The number of benzene rings is 2. The number of amides is 2. The van der Waals surface area contributed by atoms with Gasteiger partial charge in [-0.3, -0.25) is 9.59 Å². The highest BCUT2D eigenvalue weighted by molar-refractivity contribution is 6.30. The summed E-state index contributed by atoms with van der Waals surface area (Å²) >= 11 is 6.12. The van der Waals surface area contributed by atoms with Gasteiger partial charge in [-0.1, -0.05) is 48.0 Å². The second-order valence-electron chi connectivity index (χ2n) is 8.30. The van der Waals surface area contributed by atoms with Crippen molar-refractivity contribution in [2.45, 2.75) is 39.2 Å².